The third-order valence-electron chi connectivity index (χ3n) is 3.52. The first-order chi connectivity index (χ1) is 13.0. The zero-order chi connectivity index (χ0) is 19.2. The SMILES string of the molecule is O=C(Nc1ccccc1F)c1ccc(OC(=S)Nc2cccc(Br)c2)cc1. The van der Waals surface area contributed by atoms with Crippen molar-refractivity contribution in [3.63, 3.8) is 0 Å². The Bertz CT molecular complexity index is 980. The van der Waals surface area contributed by atoms with Gasteiger partial charge in [-0.25, -0.2) is 4.39 Å². The van der Waals surface area contributed by atoms with Gasteiger partial charge in [0.1, 0.15) is 11.6 Å². The first-order valence-electron chi connectivity index (χ1n) is 7.91. The van der Waals surface area contributed by atoms with Crippen LogP contribution < -0.4 is 15.4 Å². The van der Waals surface area contributed by atoms with Crippen LogP contribution in [0.15, 0.2) is 77.3 Å². The van der Waals surface area contributed by atoms with Gasteiger partial charge in [0, 0.05) is 15.7 Å². The molecule has 3 rings (SSSR count). The average molecular weight is 445 g/mol. The van der Waals surface area contributed by atoms with Crippen LogP contribution in [-0.2, 0) is 0 Å². The summed E-state index contributed by atoms with van der Waals surface area (Å²) in [6.45, 7) is 0. The van der Waals surface area contributed by atoms with Crippen LogP contribution in [0.25, 0.3) is 0 Å². The van der Waals surface area contributed by atoms with E-state index in [1.54, 1.807) is 36.4 Å². The van der Waals surface area contributed by atoms with Crippen LogP contribution in [-0.4, -0.2) is 11.1 Å². The predicted octanol–water partition coefficient (Wildman–Crippen LogP) is 5.62. The number of benzene rings is 3. The van der Waals surface area contributed by atoms with Crippen LogP contribution in [0.4, 0.5) is 15.8 Å². The van der Waals surface area contributed by atoms with Crippen LogP contribution >= 0.6 is 28.1 Å². The maximum Gasteiger partial charge on any atom is 0.266 e. The summed E-state index contributed by atoms with van der Waals surface area (Å²) in [5.41, 5.74) is 1.29. The lowest BCUT2D eigenvalue weighted by atomic mass is 10.2. The van der Waals surface area contributed by atoms with E-state index in [0.717, 1.165) is 10.2 Å². The van der Waals surface area contributed by atoms with Gasteiger partial charge in [-0.1, -0.05) is 34.1 Å². The molecule has 7 heteroatoms. The van der Waals surface area contributed by atoms with Crippen molar-refractivity contribution in [2.24, 2.45) is 0 Å². The van der Waals surface area contributed by atoms with Gasteiger partial charge in [-0.2, -0.15) is 0 Å². The van der Waals surface area contributed by atoms with Crippen molar-refractivity contribution in [1.29, 1.82) is 0 Å². The Morgan fingerprint density at radius 2 is 1.70 bits per heavy atom. The molecule has 0 saturated heterocycles. The highest BCUT2D eigenvalue weighted by molar-refractivity contribution is 9.10. The first kappa shape index (κ1) is 19.0. The number of carbonyl (C=O) groups is 1. The van der Waals surface area contributed by atoms with Crippen LogP contribution in [0.3, 0.4) is 0 Å². The number of anilines is 2. The monoisotopic (exact) mass is 444 g/mol. The third-order valence-corrected chi connectivity index (χ3v) is 4.20. The van der Waals surface area contributed by atoms with Crippen molar-refractivity contribution >= 4 is 50.6 Å². The second-order valence-electron chi connectivity index (χ2n) is 5.48. The molecule has 136 valence electrons. The maximum atomic E-state index is 13.6. The molecule has 0 bridgehead atoms. The molecule has 2 N–H and O–H groups in total. The molecule has 3 aromatic rings. The number of nitrogens with one attached hydrogen (secondary N) is 2. The summed E-state index contributed by atoms with van der Waals surface area (Å²) in [6, 6.07) is 19.9. The topological polar surface area (TPSA) is 50.4 Å². The van der Waals surface area contributed by atoms with E-state index in [4.69, 9.17) is 17.0 Å². The molecule has 0 aliphatic carbocycles. The van der Waals surface area contributed by atoms with Gasteiger partial charge in [-0.15, -0.1) is 0 Å². The Labute approximate surface area is 169 Å². The van der Waals surface area contributed by atoms with E-state index >= 15 is 0 Å². The fourth-order valence-corrected chi connectivity index (χ4v) is 2.86. The quantitative estimate of drug-likeness (QED) is 0.513. The van der Waals surface area contributed by atoms with Gasteiger partial charge in [0.25, 0.3) is 11.1 Å². The molecule has 0 heterocycles. The number of amides is 1. The predicted molar refractivity (Wildman–Crippen MR) is 112 cm³/mol. The van der Waals surface area contributed by atoms with Crippen molar-refractivity contribution < 1.29 is 13.9 Å². The lowest BCUT2D eigenvalue weighted by Crippen LogP contribution is -2.16. The molecule has 0 radical (unpaired) electrons. The minimum atomic E-state index is -0.491. The number of hydrogen-bond acceptors (Lipinski definition) is 3. The summed E-state index contributed by atoms with van der Waals surface area (Å²) in [5.74, 6) is -0.429. The summed E-state index contributed by atoms with van der Waals surface area (Å²) >= 11 is 8.56. The van der Waals surface area contributed by atoms with E-state index in [-0.39, 0.29) is 10.9 Å². The van der Waals surface area contributed by atoms with E-state index in [0.29, 0.717) is 11.3 Å². The highest BCUT2D eigenvalue weighted by Gasteiger charge is 2.09. The van der Waals surface area contributed by atoms with E-state index in [1.165, 1.54) is 12.1 Å². The van der Waals surface area contributed by atoms with Gasteiger partial charge >= 0.3 is 0 Å². The molecule has 0 aliphatic rings. The van der Waals surface area contributed by atoms with Crippen LogP contribution in [0.1, 0.15) is 10.4 Å². The van der Waals surface area contributed by atoms with Crippen LogP contribution in [0, 0.1) is 5.82 Å². The van der Waals surface area contributed by atoms with Crippen molar-refractivity contribution in [2.75, 3.05) is 10.6 Å². The van der Waals surface area contributed by atoms with E-state index in [2.05, 4.69) is 26.6 Å². The maximum absolute atomic E-state index is 13.6. The highest BCUT2D eigenvalue weighted by Crippen LogP contribution is 2.18. The smallest absolute Gasteiger partial charge is 0.266 e. The normalized spacial score (nSPS) is 10.1. The average Bonchev–Trinajstić information content (AvgIpc) is 2.64. The second kappa shape index (κ2) is 8.75. The number of carbonyl (C=O) groups excluding carboxylic acids is 1. The number of ether oxygens (including phenoxy) is 1. The molecule has 1 amide bonds. The van der Waals surface area contributed by atoms with E-state index in [9.17, 15) is 9.18 Å². The third kappa shape index (κ3) is 5.35. The number of thiocarbonyl (C=S) groups is 1. The van der Waals surface area contributed by atoms with E-state index < -0.39 is 11.7 Å². The number of para-hydroxylation sites is 1. The Balaban J connectivity index is 1.60. The molecule has 0 aromatic heterocycles. The van der Waals surface area contributed by atoms with Gasteiger partial charge in [-0.05, 0) is 66.8 Å². The van der Waals surface area contributed by atoms with Crippen molar-refractivity contribution in [3.05, 3.63) is 88.6 Å². The first-order valence-corrected chi connectivity index (χ1v) is 9.12. The van der Waals surface area contributed by atoms with Gasteiger partial charge in [0.05, 0.1) is 5.69 Å². The van der Waals surface area contributed by atoms with Crippen molar-refractivity contribution in [3.8, 4) is 5.75 Å². The number of hydrogen-bond donors (Lipinski definition) is 2. The Morgan fingerprint density at radius 1 is 0.963 bits per heavy atom. The minimum absolute atomic E-state index is 0.127. The van der Waals surface area contributed by atoms with Gasteiger partial charge in [-0.3, -0.25) is 4.79 Å². The largest absolute Gasteiger partial charge is 0.432 e. The summed E-state index contributed by atoms with van der Waals surface area (Å²) < 4.78 is 20.1. The van der Waals surface area contributed by atoms with E-state index in [1.807, 2.05) is 24.3 Å². The zero-order valence-corrected chi connectivity index (χ0v) is 16.3. The van der Waals surface area contributed by atoms with Crippen molar-refractivity contribution in [2.45, 2.75) is 0 Å². The Kier molecular flexibility index (Phi) is 6.16. The fourth-order valence-electron chi connectivity index (χ4n) is 2.25. The van der Waals surface area contributed by atoms with Gasteiger partial charge < -0.3 is 15.4 Å². The second-order valence-corrected chi connectivity index (χ2v) is 6.77. The fraction of sp³-hybridized carbons (Fsp3) is 0. The summed E-state index contributed by atoms with van der Waals surface area (Å²) in [5, 5.41) is 5.67. The molecule has 0 spiro atoms. The summed E-state index contributed by atoms with van der Waals surface area (Å²) in [6.07, 6.45) is 0. The molecule has 27 heavy (non-hydrogen) atoms. The summed E-state index contributed by atoms with van der Waals surface area (Å²) in [4.78, 5) is 12.2. The molecule has 3 aromatic carbocycles. The van der Waals surface area contributed by atoms with Gasteiger partial charge in [0.2, 0.25) is 0 Å². The molecular formula is C20H14BrFN2O2S. The van der Waals surface area contributed by atoms with Crippen LogP contribution in [0.2, 0.25) is 0 Å². The molecular weight excluding hydrogens is 431 g/mol. The van der Waals surface area contributed by atoms with Crippen LogP contribution in [0.5, 0.6) is 5.75 Å². The molecule has 0 fully saturated rings. The van der Waals surface area contributed by atoms with Gasteiger partial charge in [0.15, 0.2) is 0 Å². The highest BCUT2D eigenvalue weighted by atomic mass is 79.9. The number of halogens is 2. The molecule has 0 atom stereocenters. The standard InChI is InChI=1S/C20H14BrFN2O2S/c21-14-4-3-5-15(12-14)23-20(27)26-16-10-8-13(9-11-16)19(25)24-18-7-2-1-6-17(18)22/h1-12H,(H,23,27)(H,24,25). The molecule has 0 unspecified atom stereocenters. The molecule has 0 saturated carbocycles. The molecule has 4 nitrogen and oxygen atoms in total. The van der Waals surface area contributed by atoms with Crippen molar-refractivity contribution in [1.82, 2.24) is 0 Å². The zero-order valence-electron chi connectivity index (χ0n) is 13.9. The Hall–Kier alpha value is -2.77. The number of rotatable bonds is 4. The summed E-state index contributed by atoms with van der Waals surface area (Å²) in [7, 11) is 0. The Morgan fingerprint density at radius 3 is 2.41 bits per heavy atom. The minimum Gasteiger partial charge on any atom is -0.432 e. The lowest BCUT2D eigenvalue weighted by Gasteiger charge is -2.10. The lowest BCUT2D eigenvalue weighted by molar-refractivity contribution is 0.102. The molecule has 0 aliphatic heterocycles.